The fraction of sp³-hybridized carbons (Fsp3) is 0.211. The van der Waals surface area contributed by atoms with Gasteiger partial charge in [-0.15, -0.1) is 28.3 Å². The van der Waals surface area contributed by atoms with Gasteiger partial charge in [0.15, 0.2) is 5.13 Å². The molecule has 0 fully saturated rings. The molecule has 0 bridgehead atoms. The first-order chi connectivity index (χ1) is 11.7. The van der Waals surface area contributed by atoms with Crippen molar-refractivity contribution in [2.24, 2.45) is 0 Å². The Bertz CT molecular complexity index is 781. The summed E-state index contributed by atoms with van der Waals surface area (Å²) < 4.78 is 1.08. The third-order valence-corrected chi connectivity index (χ3v) is 5.18. The van der Waals surface area contributed by atoms with Gasteiger partial charge in [0.05, 0.1) is 5.69 Å². The number of aromatic nitrogens is 1. The van der Waals surface area contributed by atoms with E-state index in [1.54, 1.807) is 11.3 Å². The Hall–Kier alpha value is -1.37. The monoisotopic (exact) mass is 481 g/mol. The number of rotatable bonds is 6. The van der Waals surface area contributed by atoms with Crippen LogP contribution in [0.25, 0.3) is 11.3 Å². The average Bonchev–Trinajstić information content (AvgIpc) is 3.06. The zero-order valence-electron chi connectivity index (χ0n) is 14.2. The second kappa shape index (κ2) is 9.36. The molecule has 0 amide bonds. The van der Waals surface area contributed by atoms with E-state index < -0.39 is 0 Å². The average molecular weight is 483 g/mol. The Morgan fingerprint density at radius 2 is 1.64 bits per heavy atom. The lowest BCUT2D eigenvalue weighted by atomic mass is 10.2. The highest BCUT2D eigenvalue weighted by Crippen LogP contribution is 2.28. The lowest BCUT2D eigenvalue weighted by Crippen LogP contribution is -2.21. The molecule has 0 aliphatic heterocycles. The minimum atomic E-state index is 0. The number of hydrogen-bond acceptors (Lipinski definition) is 4. The van der Waals surface area contributed by atoms with Gasteiger partial charge in [-0.2, -0.15) is 0 Å². The maximum absolute atomic E-state index is 4.68. The maximum atomic E-state index is 4.68. The molecule has 0 atom stereocenters. The number of nitrogens with one attached hydrogen (secondary N) is 1. The van der Waals surface area contributed by atoms with Crippen molar-refractivity contribution in [1.29, 1.82) is 0 Å². The second-order valence-electron chi connectivity index (χ2n) is 5.39. The standard InChI is InChI=1S/C19H20BrN3S.BrH/c1-3-23(4-2)17-11-9-16(10-12-17)21-19-22-18(13-24-19)14-5-7-15(20)8-6-14;/h5-13H,3-4H2,1-2H3,(H,21,22);1H. The Morgan fingerprint density at radius 3 is 2.24 bits per heavy atom. The van der Waals surface area contributed by atoms with Crippen molar-refractivity contribution in [3.63, 3.8) is 0 Å². The molecular formula is C19H21Br2N3S. The number of nitrogens with zero attached hydrogens (tertiary/aromatic N) is 2. The van der Waals surface area contributed by atoms with Crippen LogP contribution < -0.4 is 10.2 Å². The van der Waals surface area contributed by atoms with Gasteiger partial charge in [0.2, 0.25) is 0 Å². The molecule has 0 aliphatic rings. The van der Waals surface area contributed by atoms with Crippen molar-refractivity contribution in [3.05, 3.63) is 58.4 Å². The van der Waals surface area contributed by atoms with Crippen molar-refractivity contribution in [2.45, 2.75) is 13.8 Å². The number of halogens is 2. The van der Waals surface area contributed by atoms with Crippen LogP contribution in [0.3, 0.4) is 0 Å². The van der Waals surface area contributed by atoms with Crippen LogP contribution in [0.4, 0.5) is 16.5 Å². The van der Waals surface area contributed by atoms with Gasteiger partial charge in [-0.05, 0) is 50.2 Å². The third kappa shape index (κ3) is 5.06. The van der Waals surface area contributed by atoms with Crippen molar-refractivity contribution in [1.82, 2.24) is 4.98 Å². The third-order valence-electron chi connectivity index (χ3n) is 3.89. The van der Waals surface area contributed by atoms with Crippen LogP contribution in [0.15, 0.2) is 58.4 Å². The fourth-order valence-electron chi connectivity index (χ4n) is 2.55. The summed E-state index contributed by atoms with van der Waals surface area (Å²) in [5.41, 5.74) is 4.43. The van der Waals surface area contributed by atoms with E-state index in [-0.39, 0.29) is 17.0 Å². The topological polar surface area (TPSA) is 28.2 Å². The summed E-state index contributed by atoms with van der Waals surface area (Å²) in [5, 5.41) is 6.37. The molecule has 0 aliphatic carbocycles. The lowest BCUT2D eigenvalue weighted by molar-refractivity contribution is 0.866. The molecule has 1 aromatic heterocycles. The predicted molar refractivity (Wildman–Crippen MR) is 119 cm³/mol. The summed E-state index contributed by atoms with van der Waals surface area (Å²) in [7, 11) is 0. The molecule has 0 unspecified atom stereocenters. The number of thiazole rings is 1. The lowest BCUT2D eigenvalue weighted by Gasteiger charge is -2.21. The van der Waals surface area contributed by atoms with Crippen LogP contribution in [0.5, 0.6) is 0 Å². The van der Waals surface area contributed by atoms with Gasteiger partial charge in [-0.25, -0.2) is 4.98 Å². The van der Waals surface area contributed by atoms with E-state index in [9.17, 15) is 0 Å². The maximum Gasteiger partial charge on any atom is 0.187 e. The van der Waals surface area contributed by atoms with Gasteiger partial charge in [0, 0.05) is 39.9 Å². The molecule has 0 saturated carbocycles. The highest BCUT2D eigenvalue weighted by atomic mass is 79.9. The first-order valence-corrected chi connectivity index (χ1v) is 9.70. The van der Waals surface area contributed by atoms with E-state index in [1.807, 2.05) is 12.1 Å². The largest absolute Gasteiger partial charge is 0.372 e. The molecule has 3 nitrogen and oxygen atoms in total. The van der Waals surface area contributed by atoms with Gasteiger partial charge in [0.1, 0.15) is 0 Å². The minimum Gasteiger partial charge on any atom is -0.372 e. The highest BCUT2D eigenvalue weighted by molar-refractivity contribution is 9.10. The van der Waals surface area contributed by atoms with Gasteiger partial charge >= 0.3 is 0 Å². The van der Waals surface area contributed by atoms with E-state index in [0.29, 0.717) is 0 Å². The van der Waals surface area contributed by atoms with E-state index in [2.05, 4.69) is 86.8 Å². The van der Waals surface area contributed by atoms with Crippen LogP contribution in [0.1, 0.15) is 13.8 Å². The Balaban J connectivity index is 0.00000225. The van der Waals surface area contributed by atoms with Crippen LogP contribution in [-0.2, 0) is 0 Å². The van der Waals surface area contributed by atoms with Crippen molar-refractivity contribution in [2.75, 3.05) is 23.3 Å². The Kier molecular flexibility index (Phi) is 7.47. The number of anilines is 3. The minimum absolute atomic E-state index is 0. The van der Waals surface area contributed by atoms with Crippen LogP contribution >= 0.6 is 44.2 Å². The van der Waals surface area contributed by atoms with Gasteiger partial charge in [-0.1, -0.05) is 28.1 Å². The Labute approximate surface area is 172 Å². The molecule has 0 saturated heterocycles. The molecule has 132 valence electrons. The van der Waals surface area contributed by atoms with Crippen molar-refractivity contribution in [3.8, 4) is 11.3 Å². The summed E-state index contributed by atoms with van der Waals surface area (Å²) >= 11 is 5.08. The van der Waals surface area contributed by atoms with E-state index in [1.165, 1.54) is 5.69 Å². The van der Waals surface area contributed by atoms with E-state index in [4.69, 9.17) is 0 Å². The molecule has 25 heavy (non-hydrogen) atoms. The van der Waals surface area contributed by atoms with Gasteiger partial charge < -0.3 is 10.2 Å². The fourth-order valence-corrected chi connectivity index (χ4v) is 3.56. The summed E-state index contributed by atoms with van der Waals surface area (Å²) in [6.07, 6.45) is 0. The zero-order chi connectivity index (χ0) is 16.9. The smallest absolute Gasteiger partial charge is 0.187 e. The SMILES string of the molecule is Br.CCN(CC)c1ccc(Nc2nc(-c3ccc(Br)cc3)cs2)cc1. The molecule has 1 N–H and O–H groups in total. The molecule has 2 aromatic carbocycles. The van der Waals surface area contributed by atoms with Crippen LogP contribution in [0, 0.1) is 0 Å². The quantitative estimate of drug-likeness (QED) is 0.421. The predicted octanol–water partition coefficient (Wildman–Crippen LogP) is 6.74. The first kappa shape index (κ1) is 19.9. The summed E-state index contributed by atoms with van der Waals surface area (Å²) in [5.74, 6) is 0. The van der Waals surface area contributed by atoms with E-state index >= 15 is 0 Å². The zero-order valence-corrected chi connectivity index (χ0v) is 18.3. The number of hydrogen-bond donors (Lipinski definition) is 1. The van der Waals surface area contributed by atoms with Crippen LogP contribution in [0.2, 0.25) is 0 Å². The highest BCUT2D eigenvalue weighted by Gasteiger charge is 2.06. The summed E-state index contributed by atoms with van der Waals surface area (Å²) in [6, 6.07) is 16.7. The number of benzene rings is 2. The summed E-state index contributed by atoms with van der Waals surface area (Å²) in [6.45, 7) is 6.39. The second-order valence-corrected chi connectivity index (χ2v) is 7.16. The van der Waals surface area contributed by atoms with Gasteiger partial charge in [-0.3, -0.25) is 0 Å². The molecule has 3 rings (SSSR count). The molecule has 0 spiro atoms. The molecule has 6 heteroatoms. The molecular weight excluding hydrogens is 462 g/mol. The van der Waals surface area contributed by atoms with E-state index in [0.717, 1.165) is 39.6 Å². The molecule has 1 heterocycles. The van der Waals surface area contributed by atoms with Crippen molar-refractivity contribution < 1.29 is 0 Å². The first-order valence-electron chi connectivity index (χ1n) is 8.03. The van der Waals surface area contributed by atoms with Crippen LogP contribution in [-0.4, -0.2) is 18.1 Å². The normalized spacial score (nSPS) is 10.2. The molecule has 3 aromatic rings. The van der Waals surface area contributed by atoms with Crippen molar-refractivity contribution >= 4 is 60.8 Å². The summed E-state index contributed by atoms with van der Waals surface area (Å²) in [4.78, 5) is 7.01. The Morgan fingerprint density at radius 1 is 1.00 bits per heavy atom. The molecule has 0 radical (unpaired) electrons. The van der Waals surface area contributed by atoms with Gasteiger partial charge in [0.25, 0.3) is 0 Å².